The molecule has 2 aromatic carbocycles. The minimum absolute atomic E-state index is 0.282. The van der Waals surface area contributed by atoms with Crippen LogP contribution in [0.2, 0.25) is 0 Å². The minimum atomic E-state index is -0.282. The van der Waals surface area contributed by atoms with Crippen molar-refractivity contribution in [2.24, 2.45) is 0 Å². The van der Waals surface area contributed by atoms with Crippen LogP contribution in [-0.4, -0.2) is 46.0 Å². The molecule has 0 atom stereocenters. The van der Waals surface area contributed by atoms with E-state index in [1.807, 2.05) is 12.1 Å². The lowest BCUT2D eigenvalue weighted by Crippen LogP contribution is -2.17. The average Bonchev–Trinajstić information content (AvgIpc) is 3.36. The molecule has 3 heterocycles. The van der Waals surface area contributed by atoms with Crippen LogP contribution in [-0.2, 0) is 0 Å². The fourth-order valence-corrected chi connectivity index (χ4v) is 3.81. The summed E-state index contributed by atoms with van der Waals surface area (Å²) in [4.78, 5) is 13.5. The predicted molar refractivity (Wildman–Crippen MR) is 106 cm³/mol. The van der Waals surface area contributed by atoms with Gasteiger partial charge in [-0.1, -0.05) is 11.3 Å². The fraction of sp³-hybridized carbons (Fsp3) is 0.158. The topological polar surface area (TPSA) is 99.9 Å². The summed E-state index contributed by atoms with van der Waals surface area (Å²) in [5.41, 5.74) is 1.83. The van der Waals surface area contributed by atoms with Crippen molar-refractivity contribution in [2.75, 3.05) is 25.6 Å². The first kappa shape index (κ1) is 17.4. The second-order valence-electron chi connectivity index (χ2n) is 6.19. The number of ether oxygens (including phenoxy) is 3. The van der Waals surface area contributed by atoms with E-state index >= 15 is 0 Å². The third-order valence-electron chi connectivity index (χ3n) is 4.39. The molecule has 1 amide bonds. The summed E-state index contributed by atoms with van der Waals surface area (Å²) in [6.45, 7) is 0.959. The summed E-state index contributed by atoms with van der Waals surface area (Å²) in [5, 5.41) is 15.9. The Kier molecular flexibility index (Phi) is 4.24. The number of nitrogens with one attached hydrogen (secondary N) is 1. The van der Waals surface area contributed by atoms with Crippen LogP contribution in [0.5, 0.6) is 17.2 Å². The molecule has 29 heavy (non-hydrogen) atoms. The SMILES string of the molecule is COc1ccc(-c2nn3cnnc3s2)cc1NC(=O)c1ccc2c(c1)OCCO2. The van der Waals surface area contributed by atoms with Gasteiger partial charge in [0.25, 0.3) is 5.91 Å². The monoisotopic (exact) mass is 409 g/mol. The highest BCUT2D eigenvalue weighted by Crippen LogP contribution is 2.34. The normalized spacial score (nSPS) is 12.7. The summed E-state index contributed by atoms with van der Waals surface area (Å²) in [6, 6.07) is 10.6. The zero-order valence-corrected chi connectivity index (χ0v) is 16.1. The van der Waals surface area contributed by atoms with Gasteiger partial charge in [0.15, 0.2) is 11.5 Å². The zero-order valence-electron chi connectivity index (χ0n) is 15.3. The van der Waals surface area contributed by atoms with E-state index in [0.29, 0.717) is 46.7 Å². The molecule has 1 N–H and O–H groups in total. The van der Waals surface area contributed by atoms with Crippen molar-refractivity contribution in [1.29, 1.82) is 0 Å². The van der Waals surface area contributed by atoms with E-state index in [1.165, 1.54) is 11.3 Å². The smallest absolute Gasteiger partial charge is 0.255 e. The number of nitrogens with zero attached hydrogens (tertiary/aromatic N) is 4. The zero-order chi connectivity index (χ0) is 19.8. The maximum atomic E-state index is 12.8. The number of anilines is 1. The van der Waals surface area contributed by atoms with Crippen LogP contribution in [0.25, 0.3) is 15.5 Å². The van der Waals surface area contributed by atoms with Crippen molar-refractivity contribution in [3.8, 4) is 27.8 Å². The van der Waals surface area contributed by atoms with E-state index in [-0.39, 0.29) is 5.91 Å². The highest BCUT2D eigenvalue weighted by molar-refractivity contribution is 7.19. The quantitative estimate of drug-likeness (QED) is 0.553. The van der Waals surface area contributed by atoms with E-state index in [0.717, 1.165) is 10.6 Å². The van der Waals surface area contributed by atoms with E-state index in [9.17, 15) is 4.79 Å². The third-order valence-corrected chi connectivity index (χ3v) is 5.35. The van der Waals surface area contributed by atoms with E-state index in [2.05, 4.69) is 20.6 Å². The Labute approximate surface area is 168 Å². The molecule has 0 radical (unpaired) electrons. The molecule has 0 aliphatic carbocycles. The average molecular weight is 409 g/mol. The van der Waals surface area contributed by atoms with Gasteiger partial charge in [0.2, 0.25) is 4.96 Å². The third kappa shape index (κ3) is 3.23. The Morgan fingerprint density at radius 3 is 2.86 bits per heavy atom. The number of methoxy groups -OCH3 is 1. The van der Waals surface area contributed by atoms with E-state index in [4.69, 9.17) is 14.2 Å². The first-order chi connectivity index (χ1) is 14.2. The number of carbonyl (C=O) groups is 1. The lowest BCUT2D eigenvalue weighted by molar-refractivity contribution is 0.102. The maximum Gasteiger partial charge on any atom is 0.255 e. The predicted octanol–water partition coefficient (Wildman–Crippen LogP) is 2.88. The molecule has 0 saturated carbocycles. The molecule has 146 valence electrons. The molecule has 0 fully saturated rings. The largest absolute Gasteiger partial charge is 0.495 e. The number of hydrogen-bond donors (Lipinski definition) is 1. The summed E-state index contributed by atoms with van der Waals surface area (Å²) < 4.78 is 18.1. The van der Waals surface area contributed by atoms with Gasteiger partial charge in [0, 0.05) is 11.1 Å². The second-order valence-corrected chi connectivity index (χ2v) is 7.15. The molecule has 0 unspecified atom stereocenters. The number of benzene rings is 2. The fourth-order valence-electron chi connectivity index (χ4n) is 2.99. The van der Waals surface area contributed by atoms with Gasteiger partial charge in [0.05, 0.1) is 12.8 Å². The molecule has 0 saturated heterocycles. The molecule has 5 rings (SSSR count). The Hall–Kier alpha value is -3.66. The highest BCUT2D eigenvalue weighted by atomic mass is 32.1. The number of aromatic nitrogens is 4. The van der Waals surface area contributed by atoms with Crippen LogP contribution in [0.3, 0.4) is 0 Å². The minimum Gasteiger partial charge on any atom is -0.495 e. The van der Waals surface area contributed by atoms with Crippen molar-refractivity contribution in [3.05, 3.63) is 48.3 Å². The van der Waals surface area contributed by atoms with Crippen LogP contribution in [0.15, 0.2) is 42.7 Å². The Bertz CT molecular complexity index is 1190. The van der Waals surface area contributed by atoms with Crippen molar-refractivity contribution in [2.45, 2.75) is 0 Å². The molecule has 9 nitrogen and oxygen atoms in total. The summed E-state index contributed by atoms with van der Waals surface area (Å²) >= 11 is 1.40. The highest BCUT2D eigenvalue weighted by Gasteiger charge is 2.17. The van der Waals surface area contributed by atoms with Gasteiger partial charge < -0.3 is 19.5 Å². The molecule has 0 spiro atoms. The second kappa shape index (κ2) is 7.06. The lowest BCUT2D eigenvalue weighted by Gasteiger charge is -2.19. The van der Waals surface area contributed by atoms with Crippen LogP contribution in [0.4, 0.5) is 5.69 Å². The number of fused-ring (bicyclic) bond motifs is 2. The van der Waals surface area contributed by atoms with Crippen molar-refractivity contribution in [1.82, 2.24) is 19.8 Å². The number of rotatable bonds is 4. The summed E-state index contributed by atoms with van der Waals surface area (Å²) in [6.07, 6.45) is 1.55. The van der Waals surface area contributed by atoms with Gasteiger partial charge in [-0.3, -0.25) is 4.79 Å². The molecule has 10 heteroatoms. The van der Waals surface area contributed by atoms with E-state index < -0.39 is 0 Å². The Morgan fingerprint density at radius 1 is 1.17 bits per heavy atom. The standard InChI is InChI=1S/C19H15N5O4S/c1-26-14-4-3-12(18-23-24-10-20-22-19(24)29-18)8-13(14)21-17(25)11-2-5-15-16(9-11)28-7-6-27-15/h2-5,8-10H,6-7H2,1H3,(H,21,25). The van der Waals surface area contributed by atoms with Crippen molar-refractivity contribution in [3.63, 3.8) is 0 Å². The van der Waals surface area contributed by atoms with E-state index in [1.54, 1.807) is 42.2 Å². The molecule has 4 aromatic rings. The summed E-state index contributed by atoms with van der Waals surface area (Å²) in [7, 11) is 1.55. The first-order valence-electron chi connectivity index (χ1n) is 8.77. The lowest BCUT2D eigenvalue weighted by atomic mass is 10.1. The number of hydrogen-bond acceptors (Lipinski definition) is 8. The molecule has 1 aliphatic rings. The van der Waals surface area contributed by atoms with Gasteiger partial charge >= 0.3 is 0 Å². The maximum absolute atomic E-state index is 12.8. The van der Waals surface area contributed by atoms with Crippen LogP contribution < -0.4 is 19.5 Å². The first-order valence-corrected chi connectivity index (χ1v) is 9.59. The van der Waals surface area contributed by atoms with Crippen molar-refractivity contribution < 1.29 is 19.0 Å². The van der Waals surface area contributed by atoms with Crippen molar-refractivity contribution >= 4 is 27.9 Å². The van der Waals surface area contributed by atoms with Crippen LogP contribution in [0.1, 0.15) is 10.4 Å². The van der Waals surface area contributed by atoms with Crippen LogP contribution in [0, 0.1) is 0 Å². The number of amides is 1. The molecule has 2 aromatic heterocycles. The molecular weight excluding hydrogens is 394 g/mol. The number of carbonyl (C=O) groups excluding carboxylic acids is 1. The van der Waals surface area contributed by atoms with Crippen LogP contribution >= 0.6 is 11.3 Å². The van der Waals surface area contributed by atoms with Gasteiger partial charge in [-0.25, -0.2) is 0 Å². The van der Waals surface area contributed by atoms with Gasteiger partial charge in [-0.15, -0.1) is 10.2 Å². The Balaban J connectivity index is 1.45. The molecule has 1 aliphatic heterocycles. The van der Waals surface area contributed by atoms with Gasteiger partial charge in [-0.2, -0.15) is 9.61 Å². The molecular formula is C19H15N5O4S. The van der Waals surface area contributed by atoms with Gasteiger partial charge in [-0.05, 0) is 36.4 Å². The Morgan fingerprint density at radius 2 is 2.03 bits per heavy atom. The molecule has 0 bridgehead atoms. The van der Waals surface area contributed by atoms with Gasteiger partial charge in [0.1, 0.15) is 30.3 Å². The summed E-state index contributed by atoms with van der Waals surface area (Å²) in [5.74, 6) is 1.46.